The molecular formula is C31H34N2O5S. The number of anilines is 1. The molecule has 1 amide bonds. The highest BCUT2D eigenvalue weighted by Crippen LogP contribution is 2.31. The predicted molar refractivity (Wildman–Crippen MR) is 152 cm³/mol. The van der Waals surface area contributed by atoms with Gasteiger partial charge in [0.2, 0.25) is 5.91 Å². The Kier molecular flexibility index (Phi) is 8.16. The molecule has 1 aromatic heterocycles. The van der Waals surface area contributed by atoms with Crippen molar-refractivity contribution in [2.24, 2.45) is 5.92 Å². The maximum absolute atomic E-state index is 12.8. The summed E-state index contributed by atoms with van der Waals surface area (Å²) < 4.78 is 32.8. The van der Waals surface area contributed by atoms with Crippen molar-refractivity contribution >= 4 is 32.6 Å². The molecule has 8 heteroatoms. The Labute approximate surface area is 229 Å². The van der Waals surface area contributed by atoms with Gasteiger partial charge in [-0.2, -0.15) is 8.42 Å². The van der Waals surface area contributed by atoms with Gasteiger partial charge in [0, 0.05) is 28.7 Å². The minimum atomic E-state index is -4.04. The molecule has 7 nitrogen and oxygen atoms in total. The van der Waals surface area contributed by atoms with Crippen molar-refractivity contribution in [1.29, 1.82) is 0 Å². The van der Waals surface area contributed by atoms with E-state index in [-0.39, 0.29) is 16.7 Å². The standard InChI is InChI=1S/C31H34N2O5S/c1-22-12-15-27(16-13-22)39(36,37)38-21-29(34)30(23-8-4-2-5-9-23)33-19-18-25-20-26(14-17-28(25)33)32-31(35)24-10-6-3-7-11-24/h2,4-5,8-9,12-20,24,29-30,34H,3,6-7,10-11,21H2,1H3,(H,32,35)/t29-,30-/m0/s1. The third-order valence-electron chi connectivity index (χ3n) is 7.47. The van der Waals surface area contributed by atoms with Gasteiger partial charge >= 0.3 is 0 Å². The number of aliphatic hydroxyl groups is 1. The lowest BCUT2D eigenvalue weighted by atomic mass is 9.88. The van der Waals surface area contributed by atoms with Crippen molar-refractivity contribution in [1.82, 2.24) is 4.57 Å². The normalized spacial score (nSPS) is 16.2. The van der Waals surface area contributed by atoms with Crippen LogP contribution in [0.2, 0.25) is 0 Å². The molecule has 1 heterocycles. The Bertz CT molecular complexity index is 1520. The number of rotatable bonds is 9. The second kappa shape index (κ2) is 11.7. The van der Waals surface area contributed by atoms with Gasteiger partial charge in [0.25, 0.3) is 10.1 Å². The fourth-order valence-corrected chi connectivity index (χ4v) is 6.26. The Morgan fingerprint density at radius 2 is 1.72 bits per heavy atom. The molecule has 0 radical (unpaired) electrons. The predicted octanol–water partition coefficient (Wildman–Crippen LogP) is 5.82. The van der Waals surface area contributed by atoms with Gasteiger partial charge < -0.3 is 15.0 Å². The molecule has 2 atom stereocenters. The lowest BCUT2D eigenvalue weighted by molar-refractivity contribution is -0.120. The van der Waals surface area contributed by atoms with Crippen molar-refractivity contribution in [3.8, 4) is 0 Å². The number of benzene rings is 3. The summed E-state index contributed by atoms with van der Waals surface area (Å²) in [6, 6.07) is 22.9. The first-order valence-corrected chi connectivity index (χ1v) is 14.8. The maximum Gasteiger partial charge on any atom is 0.297 e. The Hall–Kier alpha value is -3.46. The van der Waals surface area contributed by atoms with Crippen LogP contribution in [0, 0.1) is 12.8 Å². The van der Waals surface area contributed by atoms with Gasteiger partial charge in [-0.15, -0.1) is 0 Å². The number of aromatic nitrogens is 1. The number of nitrogens with zero attached hydrogens (tertiary/aromatic N) is 1. The monoisotopic (exact) mass is 546 g/mol. The van der Waals surface area contributed by atoms with Crippen LogP contribution in [-0.2, 0) is 19.1 Å². The second-order valence-corrected chi connectivity index (χ2v) is 11.9. The average Bonchev–Trinajstić information content (AvgIpc) is 3.36. The third kappa shape index (κ3) is 6.24. The first-order valence-electron chi connectivity index (χ1n) is 13.4. The first-order chi connectivity index (χ1) is 18.8. The molecule has 0 spiro atoms. The van der Waals surface area contributed by atoms with Crippen LogP contribution in [0.5, 0.6) is 0 Å². The molecule has 0 bridgehead atoms. The number of aliphatic hydroxyl groups excluding tert-OH is 1. The number of hydrogen-bond donors (Lipinski definition) is 2. The van der Waals surface area contributed by atoms with E-state index in [2.05, 4.69) is 5.32 Å². The minimum absolute atomic E-state index is 0.0470. The number of carbonyl (C=O) groups is 1. The summed E-state index contributed by atoms with van der Waals surface area (Å²) in [5, 5.41) is 15.3. The molecule has 204 valence electrons. The average molecular weight is 547 g/mol. The van der Waals surface area contributed by atoms with Crippen molar-refractivity contribution in [2.75, 3.05) is 11.9 Å². The third-order valence-corrected chi connectivity index (χ3v) is 8.77. The molecular weight excluding hydrogens is 512 g/mol. The van der Waals surface area contributed by atoms with Crippen LogP contribution in [0.15, 0.2) is 90.0 Å². The van der Waals surface area contributed by atoms with Crippen LogP contribution >= 0.6 is 0 Å². The summed E-state index contributed by atoms with van der Waals surface area (Å²) in [5.41, 5.74) is 3.34. The largest absolute Gasteiger partial charge is 0.388 e. The van der Waals surface area contributed by atoms with Crippen molar-refractivity contribution < 1.29 is 22.5 Å². The van der Waals surface area contributed by atoms with Crippen LogP contribution in [0.1, 0.15) is 49.3 Å². The molecule has 1 fully saturated rings. The molecule has 0 aliphatic heterocycles. The van der Waals surface area contributed by atoms with E-state index in [4.69, 9.17) is 4.18 Å². The van der Waals surface area contributed by atoms with E-state index in [0.29, 0.717) is 0 Å². The van der Waals surface area contributed by atoms with E-state index in [1.54, 1.807) is 12.1 Å². The minimum Gasteiger partial charge on any atom is -0.388 e. The number of amides is 1. The molecule has 1 saturated carbocycles. The van der Waals surface area contributed by atoms with Gasteiger partial charge in [-0.3, -0.25) is 8.98 Å². The molecule has 4 aromatic rings. The highest BCUT2D eigenvalue weighted by molar-refractivity contribution is 7.86. The number of aryl methyl sites for hydroxylation is 1. The zero-order chi connectivity index (χ0) is 27.4. The van der Waals surface area contributed by atoms with Gasteiger partial charge in [-0.1, -0.05) is 67.3 Å². The van der Waals surface area contributed by atoms with E-state index in [1.165, 1.54) is 18.6 Å². The fraction of sp³-hybridized carbons (Fsp3) is 0.323. The molecule has 1 aliphatic rings. The van der Waals surface area contributed by atoms with Crippen molar-refractivity contribution in [2.45, 2.75) is 56.1 Å². The van der Waals surface area contributed by atoms with Crippen LogP contribution < -0.4 is 5.32 Å². The number of hydrogen-bond acceptors (Lipinski definition) is 5. The zero-order valence-electron chi connectivity index (χ0n) is 22.0. The summed E-state index contributed by atoms with van der Waals surface area (Å²) in [5.74, 6) is 0.130. The summed E-state index contributed by atoms with van der Waals surface area (Å²) in [4.78, 5) is 12.8. The van der Waals surface area contributed by atoms with Gasteiger partial charge in [0.1, 0.15) is 6.10 Å². The first kappa shape index (κ1) is 27.1. The number of nitrogens with one attached hydrogen (secondary N) is 1. The molecule has 0 saturated heterocycles. The van der Waals surface area contributed by atoms with E-state index in [0.717, 1.165) is 53.4 Å². The molecule has 3 aromatic carbocycles. The van der Waals surface area contributed by atoms with Crippen LogP contribution in [0.3, 0.4) is 0 Å². The fourth-order valence-electron chi connectivity index (χ4n) is 5.34. The summed E-state index contributed by atoms with van der Waals surface area (Å²) in [6.45, 7) is 1.46. The number of fused-ring (bicyclic) bond motifs is 1. The second-order valence-electron chi connectivity index (χ2n) is 10.3. The van der Waals surface area contributed by atoms with Crippen LogP contribution in [0.25, 0.3) is 10.9 Å². The van der Waals surface area contributed by atoms with Crippen LogP contribution in [0.4, 0.5) is 5.69 Å². The lowest BCUT2D eigenvalue weighted by Gasteiger charge is -2.26. The summed E-state index contributed by atoms with van der Waals surface area (Å²) in [7, 11) is -4.04. The quantitative estimate of drug-likeness (QED) is 0.258. The maximum atomic E-state index is 12.8. The highest BCUT2D eigenvalue weighted by atomic mass is 32.2. The van der Waals surface area contributed by atoms with Crippen LogP contribution in [-0.4, -0.2) is 36.7 Å². The molecule has 5 rings (SSSR count). The van der Waals surface area contributed by atoms with E-state index >= 15 is 0 Å². The SMILES string of the molecule is Cc1ccc(S(=O)(=O)OC[C@H](O)[C@H](c2ccccc2)n2ccc3cc(NC(=O)C4CCCCC4)ccc32)cc1. The van der Waals surface area contributed by atoms with Gasteiger partial charge in [-0.05, 0) is 61.7 Å². The summed E-state index contributed by atoms with van der Waals surface area (Å²) in [6.07, 6.45) is 5.96. The Morgan fingerprint density at radius 3 is 2.44 bits per heavy atom. The molecule has 0 unspecified atom stereocenters. The van der Waals surface area contributed by atoms with Crippen molar-refractivity contribution in [3.63, 3.8) is 0 Å². The topological polar surface area (TPSA) is 97.6 Å². The zero-order valence-corrected chi connectivity index (χ0v) is 22.8. The number of carbonyl (C=O) groups excluding carboxylic acids is 1. The molecule has 1 aliphatic carbocycles. The Balaban J connectivity index is 1.38. The highest BCUT2D eigenvalue weighted by Gasteiger charge is 2.27. The summed E-state index contributed by atoms with van der Waals surface area (Å²) >= 11 is 0. The van der Waals surface area contributed by atoms with Gasteiger partial charge in [0.05, 0.1) is 17.5 Å². The van der Waals surface area contributed by atoms with E-state index in [9.17, 15) is 18.3 Å². The molecule has 2 N–H and O–H groups in total. The molecule has 39 heavy (non-hydrogen) atoms. The van der Waals surface area contributed by atoms with E-state index < -0.39 is 28.9 Å². The smallest absolute Gasteiger partial charge is 0.297 e. The van der Waals surface area contributed by atoms with E-state index in [1.807, 2.05) is 72.3 Å². The Morgan fingerprint density at radius 1 is 1.00 bits per heavy atom. The lowest BCUT2D eigenvalue weighted by Crippen LogP contribution is -2.30. The van der Waals surface area contributed by atoms with Gasteiger partial charge in [0.15, 0.2) is 0 Å². The van der Waals surface area contributed by atoms with Crippen molar-refractivity contribution in [3.05, 3.63) is 96.2 Å². The van der Waals surface area contributed by atoms with Gasteiger partial charge in [-0.25, -0.2) is 0 Å².